The molecule has 0 spiro atoms. The molecule has 1 saturated heterocycles. The molecule has 5 rings (SSSR count). The Labute approximate surface area is 160 Å². The molecular formula is C20H18N2O6. The van der Waals surface area contributed by atoms with Gasteiger partial charge in [-0.2, -0.15) is 0 Å². The third kappa shape index (κ3) is 2.96. The molecule has 0 unspecified atom stereocenters. The predicted molar refractivity (Wildman–Crippen MR) is 99.1 cm³/mol. The molecule has 0 aromatic heterocycles. The van der Waals surface area contributed by atoms with Crippen molar-refractivity contribution in [3.63, 3.8) is 0 Å². The summed E-state index contributed by atoms with van der Waals surface area (Å²) in [6.07, 6.45) is 0.158. The van der Waals surface area contributed by atoms with Crippen LogP contribution in [0.2, 0.25) is 0 Å². The van der Waals surface area contributed by atoms with Gasteiger partial charge in [-0.05, 0) is 24.3 Å². The second kappa shape index (κ2) is 6.63. The summed E-state index contributed by atoms with van der Waals surface area (Å²) in [5.41, 5.74) is 1.31. The van der Waals surface area contributed by atoms with E-state index in [1.807, 2.05) is 6.07 Å². The molecule has 1 atom stereocenters. The number of anilines is 2. The Kier molecular flexibility index (Phi) is 3.96. The highest BCUT2D eigenvalue weighted by atomic mass is 16.7. The van der Waals surface area contributed by atoms with E-state index in [1.165, 1.54) is 0 Å². The van der Waals surface area contributed by atoms with E-state index in [9.17, 15) is 9.59 Å². The molecule has 2 amide bonds. The van der Waals surface area contributed by atoms with Crippen molar-refractivity contribution in [1.82, 2.24) is 0 Å². The highest BCUT2D eigenvalue weighted by Gasteiger charge is 2.35. The molecule has 8 heteroatoms. The molecule has 144 valence electrons. The number of carbonyl (C=O) groups excluding carboxylic acids is 2. The summed E-state index contributed by atoms with van der Waals surface area (Å²) < 4.78 is 21.7. The predicted octanol–water partition coefficient (Wildman–Crippen LogP) is 2.18. The Bertz CT molecular complexity index is 960. The highest BCUT2D eigenvalue weighted by molar-refractivity contribution is 6.03. The Balaban J connectivity index is 1.29. The van der Waals surface area contributed by atoms with Crippen molar-refractivity contribution < 1.29 is 28.5 Å². The van der Waals surface area contributed by atoms with Gasteiger partial charge >= 0.3 is 0 Å². The van der Waals surface area contributed by atoms with Crippen molar-refractivity contribution in [3.05, 3.63) is 36.4 Å². The van der Waals surface area contributed by atoms with Gasteiger partial charge in [0.15, 0.2) is 23.0 Å². The number of carbonyl (C=O) groups is 2. The summed E-state index contributed by atoms with van der Waals surface area (Å²) in [7, 11) is 0. The van der Waals surface area contributed by atoms with Crippen LogP contribution in [0.3, 0.4) is 0 Å². The molecule has 2 aromatic rings. The van der Waals surface area contributed by atoms with Crippen LogP contribution in [-0.4, -0.2) is 38.4 Å². The summed E-state index contributed by atoms with van der Waals surface area (Å²) in [5, 5.41) is 2.86. The minimum atomic E-state index is -0.439. The average Bonchev–Trinajstić information content (AvgIpc) is 3.33. The molecule has 0 saturated carbocycles. The number of rotatable bonds is 3. The molecule has 28 heavy (non-hydrogen) atoms. The number of fused-ring (bicyclic) bond motifs is 2. The Morgan fingerprint density at radius 2 is 1.64 bits per heavy atom. The number of nitrogens with one attached hydrogen (secondary N) is 1. The van der Waals surface area contributed by atoms with Gasteiger partial charge in [0, 0.05) is 36.5 Å². The molecular weight excluding hydrogens is 364 g/mol. The molecule has 1 fully saturated rings. The smallest absolute Gasteiger partial charge is 0.231 e. The van der Waals surface area contributed by atoms with E-state index < -0.39 is 5.92 Å². The zero-order valence-corrected chi connectivity index (χ0v) is 15.0. The van der Waals surface area contributed by atoms with Gasteiger partial charge in [-0.3, -0.25) is 9.59 Å². The lowest BCUT2D eigenvalue weighted by Crippen LogP contribution is -2.28. The lowest BCUT2D eigenvalue weighted by atomic mass is 10.1. The lowest BCUT2D eigenvalue weighted by Gasteiger charge is -2.22. The molecule has 3 aliphatic rings. The fourth-order valence-electron chi connectivity index (χ4n) is 3.55. The molecule has 0 aliphatic carbocycles. The number of nitrogens with zero attached hydrogens (tertiary/aromatic N) is 1. The van der Waals surface area contributed by atoms with Crippen molar-refractivity contribution in [2.24, 2.45) is 5.92 Å². The maximum atomic E-state index is 12.7. The topological polar surface area (TPSA) is 86.3 Å². The van der Waals surface area contributed by atoms with Gasteiger partial charge in [0.1, 0.15) is 13.2 Å². The van der Waals surface area contributed by atoms with Gasteiger partial charge < -0.3 is 29.2 Å². The summed E-state index contributed by atoms with van der Waals surface area (Å²) in [4.78, 5) is 26.8. The molecule has 3 heterocycles. The summed E-state index contributed by atoms with van der Waals surface area (Å²) >= 11 is 0. The van der Waals surface area contributed by atoms with E-state index in [2.05, 4.69) is 5.32 Å². The number of hydrogen-bond acceptors (Lipinski definition) is 6. The Morgan fingerprint density at radius 3 is 2.54 bits per heavy atom. The number of amides is 2. The van der Waals surface area contributed by atoms with E-state index >= 15 is 0 Å². The molecule has 3 aliphatic heterocycles. The third-order valence-corrected chi connectivity index (χ3v) is 4.97. The van der Waals surface area contributed by atoms with Crippen molar-refractivity contribution >= 4 is 23.2 Å². The molecule has 1 N–H and O–H groups in total. The molecule has 8 nitrogen and oxygen atoms in total. The fourth-order valence-corrected chi connectivity index (χ4v) is 3.55. The summed E-state index contributed by atoms with van der Waals surface area (Å²) in [6.45, 7) is 1.48. The Morgan fingerprint density at radius 1 is 0.929 bits per heavy atom. The van der Waals surface area contributed by atoms with Crippen LogP contribution in [0.5, 0.6) is 23.0 Å². The van der Waals surface area contributed by atoms with Crippen molar-refractivity contribution in [2.75, 3.05) is 36.8 Å². The molecule has 0 bridgehead atoms. The first-order chi connectivity index (χ1) is 13.7. The molecule has 2 aromatic carbocycles. The maximum Gasteiger partial charge on any atom is 0.231 e. The van der Waals surface area contributed by atoms with Crippen molar-refractivity contribution in [3.8, 4) is 23.0 Å². The van der Waals surface area contributed by atoms with Crippen LogP contribution in [0.4, 0.5) is 11.4 Å². The number of ether oxygens (including phenoxy) is 4. The van der Waals surface area contributed by atoms with E-state index in [1.54, 1.807) is 35.2 Å². The standard InChI is InChI=1S/C20H18N2O6/c23-19-7-12(20(24)21-13-1-3-16-17(8-13)28-11-27-16)10-22(19)14-2-4-15-18(9-14)26-6-5-25-15/h1-4,8-9,12H,5-7,10-11H2,(H,21,24)/t12-/m0/s1. The normalized spacial score (nSPS) is 19.6. The van der Waals surface area contributed by atoms with E-state index in [0.29, 0.717) is 54.1 Å². The van der Waals surface area contributed by atoms with E-state index in [0.717, 1.165) is 0 Å². The first-order valence-corrected chi connectivity index (χ1v) is 9.08. The third-order valence-electron chi connectivity index (χ3n) is 4.97. The largest absolute Gasteiger partial charge is 0.486 e. The Hall–Kier alpha value is -3.42. The zero-order chi connectivity index (χ0) is 19.1. The van der Waals surface area contributed by atoms with Crippen LogP contribution < -0.4 is 29.2 Å². The van der Waals surface area contributed by atoms with Gasteiger partial charge in [-0.15, -0.1) is 0 Å². The minimum absolute atomic E-state index is 0.0949. The fraction of sp³-hybridized carbons (Fsp3) is 0.300. The van der Waals surface area contributed by atoms with E-state index in [4.69, 9.17) is 18.9 Å². The van der Waals surface area contributed by atoms with Gasteiger partial charge in [-0.1, -0.05) is 0 Å². The van der Waals surface area contributed by atoms with Crippen LogP contribution in [0.15, 0.2) is 36.4 Å². The quantitative estimate of drug-likeness (QED) is 0.876. The summed E-state index contributed by atoms with van der Waals surface area (Å²) in [5.74, 6) is 1.79. The second-order valence-electron chi connectivity index (χ2n) is 6.79. The van der Waals surface area contributed by atoms with Gasteiger partial charge in [0.05, 0.1) is 5.92 Å². The van der Waals surface area contributed by atoms with Crippen LogP contribution in [0.1, 0.15) is 6.42 Å². The van der Waals surface area contributed by atoms with Crippen LogP contribution in [-0.2, 0) is 9.59 Å². The van der Waals surface area contributed by atoms with Gasteiger partial charge in [0.25, 0.3) is 0 Å². The van der Waals surface area contributed by atoms with Crippen LogP contribution in [0.25, 0.3) is 0 Å². The number of hydrogen-bond donors (Lipinski definition) is 1. The van der Waals surface area contributed by atoms with Crippen LogP contribution in [0, 0.1) is 5.92 Å². The number of benzene rings is 2. The monoisotopic (exact) mass is 382 g/mol. The average molecular weight is 382 g/mol. The summed E-state index contributed by atoms with van der Waals surface area (Å²) in [6, 6.07) is 10.6. The first kappa shape index (κ1) is 16.7. The molecule has 0 radical (unpaired) electrons. The van der Waals surface area contributed by atoms with E-state index in [-0.39, 0.29) is 25.0 Å². The zero-order valence-electron chi connectivity index (χ0n) is 15.0. The van der Waals surface area contributed by atoms with Crippen molar-refractivity contribution in [2.45, 2.75) is 6.42 Å². The van der Waals surface area contributed by atoms with Gasteiger partial charge in [0.2, 0.25) is 18.6 Å². The van der Waals surface area contributed by atoms with Gasteiger partial charge in [-0.25, -0.2) is 0 Å². The van der Waals surface area contributed by atoms with Crippen molar-refractivity contribution in [1.29, 1.82) is 0 Å². The second-order valence-corrected chi connectivity index (χ2v) is 6.79. The van der Waals surface area contributed by atoms with Crippen LogP contribution >= 0.6 is 0 Å². The first-order valence-electron chi connectivity index (χ1n) is 9.08. The lowest BCUT2D eigenvalue weighted by molar-refractivity contribution is -0.122. The maximum absolute atomic E-state index is 12.7. The minimum Gasteiger partial charge on any atom is -0.486 e. The SMILES string of the molecule is O=C(Nc1ccc2c(c1)OCO2)[C@H]1CC(=O)N(c2ccc3c(c2)OCCO3)C1. The highest BCUT2D eigenvalue weighted by Crippen LogP contribution is 2.37.